The first-order valence-corrected chi connectivity index (χ1v) is 7.08. The molecule has 2 unspecified atom stereocenters. The molecule has 0 radical (unpaired) electrons. The van der Waals surface area contributed by atoms with Gasteiger partial charge in [0.05, 0.1) is 0 Å². The van der Waals surface area contributed by atoms with Crippen molar-refractivity contribution in [3.05, 3.63) is 35.9 Å². The zero-order chi connectivity index (χ0) is 13.8. The van der Waals surface area contributed by atoms with Crippen LogP contribution in [0.15, 0.2) is 30.3 Å². The second kappa shape index (κ2) is 6.00. The van der Waals surface area contributed by atoms with Gasteiger partial charge in [-0.25, -0.2) is 0 Å². The van der Waals surface area contributed by atoms with Crippen LogP contribution in [0.1, 0.15) is 32.3 Å². The Morgan fingerprint density at radius 1 is 0.947 bits per heavy atom. The van der Waals surface area contributed by atoms with Gasteiger partial charge >= 0.3 is 0 Å². The van der Waals surface area contributed by atoms with Crippen molar-refractivity contribution in [2.75, 3.05) is 6.54 Å². The van der Waals surface area contributed by atoms with Crippen LogP contribution >= 0.6 is 0 Å². The fraction of sp³-hybridized carbons (Fsp3) is 0.500. The Morgan fingerprint density at radius 2 is 1.47 bits per heavy atom. The monoisotopic (exact) mass is 259 g/mol. The lowest BCUT2D eigenvalue weighted by Crippen LogP contribution is -2.33. The molecule has 0 bridgehead atoms. The molecular weight excluding hydrogens is 238 g/mol. The number of nitrogens with zero attached hydrogens (tertiary/aromatic N) is 1. The molecule has 2 atom stereocenters. The van der Waals surface area contributed by atoms with Crippen LogP contribution in [0.3, 0.4) is 0 Å². The highest BCUT2D eigenvalue weighted by Crippen LogP contribution is 2.31. The standard InChI is InChI=1S/C16H21NO2/c1-3-13-14(4-2)16(19)17(15(13)18)11-10-12-8-6-5-7-9-12/h5-9,13-14H,3-4,10-11H2,1-2H3. The van der Waals surface area contributed by atoms with E-state index in [1.165, 1.54) is 4.90 Å². The van der Waals surface area contributed by atoms with Crippen LogP contribution in [0.2, 0.25) is 0 Å². The van der Waals surface area contributed by atoms with Gasteiger partial charge in [-0.3, -0.25) is 14.5 Å². The molecule has 2 rings (SSSR count). The lowest BCUT2D eigenvalue weighted by Gasteiger charge is -2.14. The van der Waals surface area contributed by atoms with E-state index in [4.69, 9.17) is 0 Å². The normalized spacial score (nSPS) is 23.2. The number of amides is 2. The second-order valence-electron chi connectivity index (χ2n) is 5.09. The maximum atomic E-state index is 12.2. The van der Waals surface area contributed by atoms with Gasteiger partial charge in [-0.1, -0.05) is 44.2 Å². The van der Waals surface area contributed by atoms with E-state index in [1.54, 1.807) is 0 Å². The second-order valence-corrected chi connectivity index (χ2v) is 5.09. The third kappa shape index (κ3) is 2.70. The number of carbonyl (C=O) groups is 2. The third-order valence-electron chi connectivity index (χ3n) is 4.00. The lowest BCUT2D eigenvalue weighted by atomic mass is 9.91. The van der Waals surface area contributed by atoms with Crippen molar-refractivity contribution in [2.24, 2.45) is 11.8 Å². The summed E-state index contributed by atoms with van der Waals surface area (Å²) in [4.78, 5) is 26.0. The SMILES string of the molecule is CCC1C(=O)N(CCc2ccccc2)C(=O)C1CC. The Balaban J connectivity index is 2.04. The van der Waals surface area contributed by atoms with Gasteiger partial charge in [0.25, 0.3) is 0 Å². The van der Waals surface area contributed by atoms with Gasteiger partial charge < -0.3 is 0 Å². The predicted octanol–water partition coefficient (Wildman–Crippen LogP) is 2.65. The molecule has 19 heavy (non-hydrogen) atoms. The van der Waals surface area contributed by atoms with Crippen LogP contribution < -0.4 is 0 Å². The summed E-state index contributed by atoms with van der Waals surface area (Å²) >= 11 is 0. The number of benzene rings is 1. The summed E-state index contributed by atoms with van der Waals surface area (Å²) in [5.41, 5.74) is 1.16. The number of carbonyl (C=O) groups excluding carboxylic acids is 2. The highest BCUT2D eigenvalue weighted by atomic mass is 16.2. The molecule has 1 aromatic carbocycles. The largest absolute Gasteiger partial charge is 0.282 e. The van der Waals surface area contributed by atoms with E-state index in [-0.39, 0.29) is 23.7 Å². The highest BCUT2D eigenvalue weighted by molar-refractivity contribution is 6.05. The van der Waals surface area contributed by atoms with Crippen molar-refractivity contribution >= 4 is 11.8 Å². The first-order valence-electron chi connectivity index (χ1n) is 7.08. The Labute approximate surface area is 114 Å². The molecule has 0 N–H and O–H groups in total. The fourth-order valence-electron chi connectivity index (χ4n) is 2.88. The zero-order valence-corrected chi connectivity index (χ0v) is 11.6. The van der Waals surface area contributed by atoms with Crippen LogP contribution in [-0.4, -0.2) is 23.3 Å². The summed E-state index contributed by atoms with van der Waals surface area (Å²) < 4.78 is 0. The van der Waals surface area contributed by atoms with E-state index in [9.17, 15) is 9.59 Å². The molecule has 1 aliphatic rings. The van der Waals surface area contributed by atoms with Gasteiger partial charge in [0.2, 0.25) is 11.8 Å². The molecule has 0 saturated carbocycles. The first-order chi connectivity index (χ1) is 9.19. The minimum Gasteiger partial charge on any atom is -0.282 e. The molecule has 0 spiro atoms. The molecule has 0 aromatic heterocycles. The van der Waals surface area contributed by atoms with Crippen molar-refractivity contribution in [3.63, 3.8) is 0 Å². The predicted molar refractivity (Wildman–Crippen MR) is 74.4 cm³/mol. The highest BCUT2D eigenvalue weighted by Gasteiger charge is 2.44. The molecule has 0 aliphatic carbocycles. The van der Waals surface area contributed by atoms with E-state index < -0.39 is 0 Å². The van der Waals surface area contributed by atoms with Crippen molar-refractivity contribution < 1.29 is 9.59 Å². The zero-order valence-electron chi connectivity index (χ0n) is 11.6. The average Bonchev–Trinajstić information content (AvgIpc) is 2.68. The maximum absolute atomic E-state index is 12.2. The van der Waals surface area contributed by atoms with E-state index in [0.29, 0.717) is 6.54 Å². The summed E-state index contributed by atoms with van der Waals surface area (Å²) in [5, 5.41) is 0. The number of rotatable bonds is 5. The van der Waals surface area contributed by atoms with E-state index in [0.717, 1.165) is 24.8 Å². The van der Waals surface area contributed by atoms with Gasteiger partial charge in [0.15, 0.2) is 0 Å². The molecule has 2 amide bonds. The summed E-state index contributed by atoms with van der Waals surface area (Å²) in [5.74, 6) is -0.160. The Hall–Kier alpha value is -1.64. The van der Waals surface area contributed by atoms with Crippen LogP contribution in [0.5, 0.6) is 0 Å². The van der Waals surface area contributed by atoms with Crippen molar-refractivity contribution in [1.82, 2.24) is 4.90 Å². The van der Waals surface area contributed by atoms with Crippen molar-refractivity contribution in [1.29, 1.82) is 0 Å². The van der Waals surface area contributed by atoms with Crippen molar-refractivity contribution in [2.45, 2.75) is 33.1 Å². The third-order valence-corrected chi connectivity index (χ3v) is 4.00. The minimum atomic E-state index is -0.103. The van der Waals surface area contributed by atoms with Crippen LogP contribution in [0.4, 0.5) is 0 Å². The lowest BCUT2D eigenvalue weighted by molar-refractivity contribution is -0.139. The van der Waals surface area contributed by atoms with Gasteiger partial charge in [-0.15, -0.1) is 0 Å². The minimum absolute atomic E-state index is 0.0234. The molecule has 3 nitrogen and oxygen atoms in total. The molecule has 3 heteroatoms. The summed E-state index contributed by atoms with van der Waals surface area (Å²) in [6, 6.07) is 9.98. The van der Waals surface area contributed by atoms with E-state index in [2.05, 4.69) is 0 Å². The Bertz CT molecular complexity index is 433. The molecule has 1 aliphatic heterocycles. The van der Waals surface area contributed by atoms with Crippen LogP contribution in [0.25, 0.3) is 0 Å². The summed E-state index contributed by atoms with van der Waals surface area (Å²) in [6.07, 6.45) is 2.25. The Kier molecular flexibility index (Phi) is 4.35. The first kappa shape index (κ1) is 13.8. The number of hydrogen-bond donors (Lipinski definition) is 0. The Morgan fingerprint density at radius 3 is 1.95 bits per heavy atom. The van der Waals surface area contributed by atoms with Crippen molar-refractivity contribution in [3.8, 4) is 0 Å². The molecule has 1 saturated heterocycles. The number of imide groups is 1. The molecule has 1 fully saturated rings. The summed E-state index contributed by atoms with van der Waals surface area (Å²) in [6.45, 7) is 4.48. The van der Waals surface area contributed by atoms with Crippen LogP contribution in [-0.2, 0) is 16.0 Å². The fourth-order valence-corrected chi connectivity index (χ4v) is 2.88. The van der Waals surface area contributed by atoms with E-state index in [1.807, 2.05) is 44.2 Å². The average molecular weight is 259 g/mol. The molecule has 102 valence electrons. The van der Waals surface area contributed by atoms with E-state index >= 15 is 0 Å². The molecule has 1 heterocycles. The van der Waals surface area contributed by atoms with Gasteiger partial charge in [0.1, 0.15) is 0 Å². The quantitative estimate of drug-likeness (QED) is 0.762. The van der Waals surface area contributed by atoms with Gasteiger partial charge in [-0.05, 0) is 24.8 Å². The number of likely N-dealkylation sites (tertiary alicyclic amines) is 1. The number of hydrogen-bond acceptors (Lipinski definition) is 2. The topological polar surface area (TPSA) is 37.4 Å². The smallest absolute Gasteiger partial charge is 0.233 e. The molecule has 1 aromatic rings. The van der Waals surface area contributed by atoms with Gasteiger partial charge in [-0.2, -0.15) is 0 Å². The molecular formula is C16H21NO2. The van der Waals surface area contributed by atoms with Crippen LogP contribution in [0, 0.1) is 11.8 Å². The maximum Gasteiger partial charge on any atom is 0.233 e. The summed E-state index contributed by atoms with van der Waals surface area (Å²) in [7, 11) is 0. The van der Waals surface area contributed by atoms with Gasteiger partial charge in [0, 0.05) is 18.4 Å².